The van der Waals surface area contributed by atoms with Gasteiger partial charge < -0.3 is 0 Å². The van der Waals surface area contributed by atoms with Crippen molar-refractivity contribution >= 4 is 0 Å². The van der Waals surface area contributed by atoms with Gasteiger partial charge in [0.25, 0.3) is 0 Å². The number of hydrogen-bond donors (Lipinski definition) is 0. The Labute approximate surface area is 133 Å². The molecular formula is C22H22. The van der Waals surface area contributed by atoms with E-state index in [4.69, 9.17) is 0 Å². The monoisotopic (exact) mass is 286 g/mol. The second-order valence-electron chi connectivity index (χ2n) is 6.22. The third-order valence-corrected chi connectivity index (χ3v) is 4.25. The predicted molar refractivity (Wildman–Crippen MR) is 96.3 cm³/mol. The summed E-state index contributed by atoms with van der Waals surface area (Å²) in [4.78, 5) is 0. The van der Waals surface area contributed by atoms with Crippen molar-refractivity contribution in [3.63, 3.8) is 0 Å². The minimum atomic E-state index is 1.30. The van der Waals surface area contributed by atoms with Crippen molar-refractivity contribution in [3.05, 3.63) is 82.9 Å². The van der Waals surface area contributed by atoms with Gasteiger partial charge in [-0.25, -0.2) is 0 Å². The summed E-state index contributed by atoms with van der Waals surface area (Å²) in [7, 11) is 0. The van der Waals surface area contributed by atoms with Gasteiger partial charge in [0.05, 0.1) is 0 Å². The molecule has 0 amide bonds. The lowest BCUT2D eigenvalue weighted by molar-refractivity contribution is 1.37. The molecule has 0 unspecified atom stereocenters. The first-order chi connectivity index (χ1) is 10.5. The zero-order valence-electron chi connectivity index (χ0n) is 13.8. The Morgan fingerprint density at radius 2 is 1.09 bits per heavy atom. The van der Waals surface area contributed by atoms with Crippen molar-refractivity contribution in [1.29, 1.82) is 0 Å². The maximum atomic E-state index is 2.30. The third-order valence-electron chi connectivity index (χ3n) is 4.25. The molecule has 0 saturated carbocycles. The largest absolute Gasteiger partial charge is 0.0614 e. The Morgan fingerprint density at radius 1 is 0.500 bits per heavy atom. The molecule has 0 aliphatic rings. The Bertz CT molecular complexity index is 825. The van der Waals surface area contributed by atoms with Crippen LogP contribution in [0.4, 0.5) is 0 Å². The summed E-state index contributed by atoms with van der Waals surface area (Å²) in [6, 6.07) is 22.2. The first-order valence-corrected chi connectivity index (χ1v) is 7.80. The van der Waals surface area contributed by atoms with Crippen molar-refractivity contribution in [3.8, 4) is 22.3 Å². The number of aryl methyl sites for hydroxylation is 4. The van der Waals surface area contributed by atoms with Crippen LogP contribution in [0.1, 0.15) is 22.3 Å². The fraction of sp³-hybridized carbons (Fsp3) is 0.182. The van der Waals surface area contributed by atoms with E-state index >= 15 is 0 Å². The van der Waals surface area contributed by atoms with Crippen LogP contribution in [0.3, 0.4) is 0 Å². The first-order valence-electron chi connectivity index (χ1n) is 7.80. The average Bonchev–Trinajstić information content (AvgIpc) is 2.47. The predicted octanol–water partition coefficient (Wildman–Crippen LogP) is 6.25. The minimum absolute atomic E-state index is 1.30. The number of hydrogen-bond acceptors (Lipinski definition) is 0. The van der Waals surface area contributed by atoms with Crippen LogP contribution in [-0.4, -0.2) is 0 Å². The van der Waals surface area contributed by atoms with E-state index in [0.717, 1.165) is 0 Å². The molecule has 110 valence electrons. The van der Waals surface area contributed by atoms with Gasteiger partial charge in [0.2, 0.25) is 0 Å². The highest BCUT2D eigenvalue weighted by Gasteiger charge is 2.06. The molecule has 0 aliphatic carbocycles. The van der Waals surface area contributed by atoms with Crippen LogP contribution >= 0.6 is 0 Å². The van der Waals surface area contributed by atoms with E-state index in [2.05, 4.69) is 88.4 Å². The smallest absolute Gasteiger partial charge is 0.0154 e. The van der Waals surface area contributed by atoms with E-state index in [1.54, 1.807) is 0 Å². The van der Waals surface area contributed by atoms with Crippen molar-refractivity contribution in [2.24, 2.45) is 0 Å². The minimum Gasteiger partial charge on any atom is -0.0614 e. The highest BCUT2D eigenvalue weighted by molar-refractivity contribution is 5.75. The lowest BCUT2D eigenvalue weighted by Gasteiger charge is -2.12. The van der Waals surface area contributed by atoms with E-state index in [1.165, 1.54) is 44.5 Å². The van der Waals surface area contributed by atoms with Gasteiger partial charge in [0, 0.05) is 0 Å². The van der Waals surface area contributed by atoms with Crippen molar-refractivity contribution in [2.75, 3.05) is 0 Å². The molecule has 0 radical (unpaired) electrons. The molecule has 0 heteroatoms. The zero-order valence-corrected chi connectivity index (χ0v) is 13.8. The Kier molecular flexibility index (Phi) is 3.85. The molecule has 0 nitrogen and oxygen atoms in total. The van der Waals surface area contributed by atoms with E-state index in [-0.39, 0.29) is 0 Å². The fourth-order valence-electron chi connectivity index (χ4n) is 3.11. The van der Waals surface area contributed by atoms with Crippen LogP contribution in [0.25, 0.3) is 22.3 Å². The Hall–Kier alpha value is -2.34. The van der Waals surface area contributed by atoms with Crippen LogP contribution in [0.5, 0.6) is 0 Å². The maximum absolute atomic E-state index is 2.30. The molecule has 0 saturated heterocycles. The average molecular weight is 286 g/mol. The lowest BCUT2D eigenvalue weighted by atomic mass is 9.93. The Balaban J connectivity index is 2.06. The van der Waals surface area contributed by atoms with Gasteiger partial charge in [-0.15, -0.1) is 0 Å². The van der Waals surface area contributed by atoms with E-state index in [1.807, 2.05) is 0 Å². The van der Waals surface area contributed by atoms with E-state index in [9.17, 15) is 0 Å². The van der Waals surface area contributed by atoms with Gasteiger partial charge >= 0.3 is 0 Å². The summed E-state index contributed by atoms with van der Waals surface area (Å²) in [5, 5.41) is 0. The van der Waals surface area contributed by atoms with Crippen molar-refractivity contribution < 1.29 is 0 Å². The SMILES string of the molecule is Cc1cccc(-c2ccc(-c3ccc(C)cc3C)cc2C)c1. The van der Waals surface area contributed by atoms with Gasteiger partial charge in [-0.3, -0.25) is 0 Å². The molecule has 0 heterocycles. The summed E-state index contributed by atoms with van der Waals surface area (Å²) >= 11 is 0. The summed E-state index contributed by atoms with van der Waals surface area (Å²) in [6.45, 7) is 8.67. The highest BCUT2D eigenvalue weighted by atomic mass is 14.1. The summed E-state index contributed by atoms with van der Waals surface area (Å²) in [5.74, 6) is 0. The van der Waals surface area contributed by atoms with Crippen molar-refractivity contribution in [1.82, 2.24) is 0 Å². The topological polar surface area (TPSA) is 0 Å². The quantitative estimate of drug-likeness (QED) is 0.522. The zero-order chi connectivity index (χ0) is 15.7. The molecule has 0 spiro atoms. The van der Waals surface area contributed by atoms with Gasteiger partial charge in [0.15, 0.2) is 0 Å². The van der Waals surface area contributed by atoms with Crippen LogP contribution in [0.15, 0.2) is 60.7 Å². The second kappa shape index (κ2) is 5.81. The lowest BCUT2D eigenvalue weighted by Crippen LogP contribution is -1.89. The molecule has 3 aromatic carbocycles. The summed E-state index contributed by atoms with van der Waals surface area (Å²) < 4.78 is 0. The van der Waals surface area contributed by atoms with Crippen molar-refractivity contribution in [2.45, 2.75) is 27.7 Å². The first kappa shape index (κ1) is 14.6. The third kappa shape index (κ3) is 2.82. The van der Waals surface area contributed by atoms with Gasteiger partial charge in [-0.1, -0.05) is 71.8 Å². The maximum Gasteiger partial charge on any atom is -0.0154 e. The molecule has 0 aromatic heterocycles. The molecule has 3 rings (SSSR count). The molecule has 3 aromatic rings. The van der Waals surface area contributed by atoms with Crippen LogP contribution in [-0.2, 0) is 0 Å². The van der Waals surface area contributed by atoms with Crippen LogP contribution in [0, 0.1) is 27.7 Å². The van der Waals surface area contributed by atoms with Gasteiger partial charge in [-0.2, -0.15) is 0 Å². The van der Waals surface area contributed by atoms with Gasteiger partial charge in [-0.05, 0) is 61.1 Å². The summed E-state index contributed by atoms with van der Waals surface area (Å²) in [5.41, 5.74) is 10.5. The molecule has 0 N–H and O–H groups in total. The normalized spacial score (nSPS) is 10.7. The molecular weight excluding hydrogens is 264 g/mol. The highest BCUT2D eigenvalue weighted by Crippen LogP contribution is 2.30. The van der Waals surface area contributed by atoms with Crippen LogP contribution in [0.2, 0.25) is 0 Å². The Morgan fingerprint density at radius 3 is 1.73 bits per heavy atom. The van der Waals surface area contributed by atoms with Gasteiger partial charge in [0.1, 0.15) is 0 Å². The molecule has 0 atom stereocenters. The second-order valence-corrected chi connectivity index (χ2v) is 6.22. The van der Waals surface area contributed by atoms with E-state index < -0.39 is 0 Å². The van der Waals surface area contributed by atoms with E-state index in [0.29, 0.717) is 0 Å². The number of rotatable bonds is 2. The molecule has 22 heavy (non-hydrogen) atoms. The number of benzene rings is 3. The summed E-state index contributed by atoms with van der Waals surface area (Å²) in [6.07, 6.45) is 0. The molecule has 0 fully saturated rings. The van der Waals surface area contributed by atoms with Crippen LogP contribution < -0.4 is 0 Å². The standard InChI is InChI=1S/C22H22/c1-15-6-5-7-19(13-15)22-11-9-20(14-18(22)4)21-10-8-16(2)12-17(21)3/h5-14H,1-4H3. The molecule has 0 bridgehead atoms. The molecule has 0 aliphatic heterocycles. The fourth-order valence-corrected chi connectivity index (χ4v) is 3.11.